The monoisotopic (exact) mass is 161 g/mol. The largest absolute Gasteiger partial charge is 0.464 e. The van der Waals surface area contributed by atoms with Crippen LogP contribution in [0.1, 0.15) is 20.8 Å². The topological polar surface area (TPSA) is 55.4 Å². The highest BCUT2D eigenvalue weighted by molar-refractivity contribution is 5.65. The van der Waals surface area contributed by atoms with Crippen LogP contribution in [0, 0.1) is 0 Å². The second-order valence-corrected chi connectivity index (χ2v) is 1.41. The van der Waals surface area contributed by atoms with Crippen molar-refractivity contribution in [1.82, 2.24) is 5.32 Å². The van der Waals surface area contributed by atoms with E-state index in [0.717, 1.165) is 0 Å². The molecule has 0 radical (unpaired) electrons. The molecule has 1 amide bonds. The van der Waals surface area contributed by atoms with E-state index in [0.29, 0.717) is 13.0 Å². The molecule has 0 heterocycles. The fourth-order valence-electron chi connectivity index (χ4n) is 0.313. The van der Waals surface area contributed by atoms with Gasteiger partial charge in [0.25, 0.3) is 0 Å². The molecule has 66 valence electrons. The van der Waals surface area contributed by atoms with E-state index >= 15 is 0 Å². The van der Waals surface area contributed by atoms with Crippen molar-refractivity contribution in [3.05, 3.63) is 0 Å². The number of rotatable bonds is 4. The zero-order valence-electron chi connectivity index (χ0n) is 7.22. The van der Waals surface area contributed by atoms with Gasteiger partial charge in [-0.2, -0.15) is 0 Å². The van der Waals surface area contributed by atoms with E-state index in [2.05, 4.69) is 10.1 Å². The molecule has 4 heteroatoms. The maximum atomic E-state index is 10.1. The molecule has 0 spiro atoms. The minimum atomic E-state index is -0.331. The van der Waals surface area contributed by atoms with Gasteiger partial charge < -0.3 is 10.1 Å². The van der Waals surface area contributed by atoms with Crippen LogP contribution in [0.15, 0.2) is 0 Å². The molecule has 0 aromatic rings. The highest BCUT2D eigenvalue weighted by atomic mass is 16.5. The molecule has 0 saturated carbocycles. The summed E-state index contributed by atoms with van der Waals surface area (Å²) >= 11 is 0. The van der Waals surface area contributed by atoms with Gasteiger partial charge in [0.05, 0.1) is 6.54 Å². The van der Waals surface area contributed by atoms with Gasteiger partial charge in [0.2, 0.25) is 6.41 Å². The Balaban J connectivity index is 0. The summed E-state index contributed by atoms with van der Waals surface area (Å²) in [7, 11) is 0. The first-order valence-corrected chi connectivity index (χ1v) is 3.57. The Kier molecular flexibility index (Phi) is 13.4. The van der Waals surface area contributed by atoms with E-state index in [1.165, 1.54) is 6.92 Å². The Labute approximate surface area is 66.9 Å². The van der Waals surface area contributed by atoms with Crippen LogP contribution in [0.5, 0.6) is 0 Å². The third kappa shape index (κ3) is 17.6. The van der Waals surface area contributed by atoms with Gasteiger partial charge in [-0.15, -0.1) is 0 Å². The molecule has 0 aliphatic carbocycles. The normalized spacial score (nSPS) is 7.18. The van der Waals surface area contributed by atoms with Crippen LogP contribution in [0.25, 0.3) is 0 Å². The molecule has 0 unspecified atom stereocenters. The van der Waals surface area contributed by atoms with Gasteiger partial charge in [-0.1, -0.05) is 13.8 Å². The summed E-state index contributed by atoms with van der Waals surface area (Å²) in [6, 6.07) is 0. The number of esters is 1. The minimum Gasteiger partial charge on any atom is -0.464 e. The smallest absolute Gasteiger partial charge is 0.302 e. The third-order valence-corrected chi connectivity index (χ3v) is 0.635. The van der Waals surface area contributed by atoms with Gasteiger partial charge in [0.1, 0.15) is 6.61 Å². The van der Waals surface area contributed by atoms with E-state index in [9.17, 15) is 9.59 Å². The summed E-state index contributed by atoms with van der Waals surface area (Å²) in [5, 5.41) is 2.35. The molecule has 0 aliphatic heterocycles. The second kappa shape index (κ2) is 11.7. The summed E-state index contributed by atoms with van der Waals surface area (Å²) < 4.78 is 4.48. The van der Waals surface area contributed by atoms with Gasteiger partial charge in [-0.05, 0) is 0 Å². The molecule has 0 atom stereocenters. The highest BCUT2D eigenvalue weighted by Crippen LogP contribution is 1.71. The number of carbonyl (C=O) groups excluding carboxylic acids is 2. The van der Waals surface area contributed by atoms with Crippen LogP contribution in [0.2, 0.25) is 0 Å². The highest BCUT2D eigenvalue weighted by Gasteiger charge is 1.88. The second-order valence-electron chi connectivity index (χ2n) is 1.41. The van der Waals surface area contributed by atoms with Crippen LogP contribution >= 0.6 is 0 Å². The van der Waals surface area contributed by atoms with Crippen LogP contribution in [-0.2, 0) is 14.3 Å². The quantitative estimate of drug-likeness (QED) is 0.367. The Morgan fingerprint density at radius 1 is 1.55 bits per heavy atom. The summed E-state index contributed by atoms with van der Waals surface area (Å²) in [5.74, 6) is -0.331. The summed E-state index contributed by atoms with van der Waals surface area (Å²) in [6.45, 7) is 5.94. The molecular formula is C7H15NO3. The Morgan fingerprint density at radius 2 is 2.09 bits per heavy atom. The van der Waals surface area contributed by atoms with Crippen molar-refractivity contribution in [2.45, 2.75) is 20.8 Å². The SMILES string of the molecule is CC.CC(=O)OCCNC=O. The van der Waals surface area contributed by atoms with Gasteiger partial charge in [-0.3, -0.25) is 9.59 Å². The molecule has 0 aromatic heterocycles. The van der Waals surface area contributed by atoms with Gasteiger partial charge >= 0.3 is 5.97 Å². The van der Waals surface area contributed by atoms with E-state index in [-0.39, 0.29) is 12.6 Å². The van der Waals surface area contributed by atoms with Crippen molar-refractivity contribution < 1.29 is 14.3 Å². The molecule has 4 nitrogen and oxygen atoms in total. The Hall–Kier alpha value is -1.06. The molecule has 1 N–H and O–H groups in total. The number of hydrogen-bond acceptors (Lipinski definition) is 3. The number of carbonyl (C=O) groups is 2. The van der Waals surface area contributed by atoms with Gasteiger partial charge in [0.15, 0.2) is 0 Å². The molecule has 0 rings (SSSR count). The summed E-state index contributed by atoms with van der Waals surface area (Å²) in [4.78, 5) is 19.7. The number of amides is 1. The fourth-order valence-corrected chi connectivity index (χ4v) is 0.313. The van der Waals surface area contributed by atoms with Gasteiger partial charge in [0, 0.05) is 6.92 Å². The van der Waals surface area contributed by atoms with Gasteiger partial charge in [-0.25, -0.2) is 0 Å². The maximum Gasteiger partial charge on any atom is 0.302 e. The van der Waals surface area contributed by atoms with E-state index in [1.807, 2.05) is 13.8 Å². The molecule has 0 fully saturated rings. The average Bonchev–Trinajstić information content (AvgIpc) is 2.02. The van der Waals surface area contributed by atoms with E-state index < -0.39 is 0 Å². The van der Waals surface area contributed by atoms with Crippen LogP contribution in [-0.4, -0.2) is 25.5 Å². The van der Waals surface area contributed by atoms with E-state index in [1.54, 1.807) is 0 Å². The van der Waals surface area contributed by atoms with Crippen molar-refractivity contribution in [2.24, 2.45) is 0 Å². The predicted molar refractivity (Wildman–Crippen MR) is 42.0 cm³/mol. The predicted octanol–water partition coefficient (Wildman–Crippen LogP) is 0.322. The van der Waals surface area contributed by atoms with Crippen molar-refractivity contribution in [3.63, 3.8) is 0 Å². The van der Waals surface area contributed by atoms with Crippen LogP contribution in [0.3, 0.4) is 0 Å². The molecule has 0 saturated heterocycles. The minimum absolute atomic E-state index is 0.244. The number of nitrogens with one attached hydrogen (secondary N) is 1. The molecule has 11 heavy (non-hydrogen) atoms. The molecular weight excluding hydrogens is 146 g/mol. The first kappa shape index (κ1) is 12.6. The zero-order chi connectivity index (χ0) is 9.11. The first-order valence-electron chi connectivity index (χ1n) is 3.57. The van der Waals surface area contributed by atoms with Crippen LogP contribution in [0.4, 0.5) is 0 Å². The lowest BCUT2D eigenvalue weighted by Gasteiger charge is -1.98. The van der Waals surface area contributed by atoms with Crippen molar-refractivity contribution in [2.75, 3.05) is 13.2 Å². The zero-order valence-corrected chi connectivity index (χ0v) is 7.22. The average molecular weight is 161 g/mol. The standard InChI is InChI=1S/C5H9NO3.C2H6/c1-5(8)9-3-2-6-4-7;1-2/h4H,2-3H2,1H3,(H,6,7);1-2H3. The Bertz CT molecular complexity index is 104. The summed E-state index contributed by atoms with van der Waals surface area (Å²) in [5.41, 5.74) is 0. The fraction of sp³-hybridized carbons (Fsp3) is 0.714. The maximum absolute atomic E-state index is 10.1. The van der Waals surface area contributed by atoms with Crippen LogP contribution < -0.4 is 5.32 Å². The third-order valence-electron chi connectivity index (χ3n) is 0.635. The van der Waals surface area contributed by atoms with Crippen molar-refractivity contribution in [3.8, 4) is 0 Å². The lowest BCUT2D eigenvalue weighted by molar-refractivity contribution is -0.141. The number of ether oxygens (including phenoxy) is 1. The molecule has 0 bridgehead atoms. The van der Waals surface area contributed by atoms with Crippen molar-refractivity contribution >= 4 is 12.4 Å². The van der Waals surface area contributed by atoms with E-state index in [4.69, 9.17) is 0 Å². The van der Waals surface area contributed by atoms with Crippen molar-refractivity contribution in [1.29, 1.82) is 0 Å². The molecule has 0 aliphatic rings. The lowest BCUT2D eigenvalue weighted by Crippen LogP contribution is -2.18. The first-order chi connectivity index (χ1) is 5.27. The molecule has 0 aromatic carbocycles. The lowest BCUT2D eigenvalue weighted by atomic mass is 10.7. The Morgan fingerprint density at radius 3 is 2.45 bits per heavy atom. The summed E-state index contributed by atoms with van der Waals surface area (Å²) in [6.07, 6.45) is 0.559. The number of hydrogen-bond donors (Lipinski definition) is 1.